The summed E-state index contributed by atoms with van der Waals surface area (Å²) in [6.45, 7) is 1.10. The minimum Gasteiger partial charge on any atom is -0.480 e. The first-order valence-corrected chi connectivity index (χ1v) is 7.18. The molecule has 0 aliphatic heterocycles. The van der Waals surface area contributed by atoms with Crippen molar-refractivity contribution < 1.29 is 22.7 Å². The molecule has 20 heavy (non-hydrogen) atoms. The number of sulfonamides is 1. The van der Waals surface area contributed by atoms with Crippen molar-refractivity contribution in [3.63, 3.8) is 0 Å². The third-order valence-electron chi connectivity index (χ3n) is 2.65. The zero-order chi connectivity index (χ0) is 14.8. The van der Waals surface area contributed by atoms with Crippen molar-refractivity contribution in [2.75, 3.05) is 4.72 Å². The molecule has 0 aliphatic rings. The van der Waals surface area contributed by atoms with E-state index < -0.39 is 21.2 Å². The molecule has 1 aromatic heterocycles. The van der Waals surface area contributed by atoms with E-state index in [4.69, 9.17) is 9.52 Å². The van der Waals surface area contributed by atoms with Crippen LogP contribution in [0.3, 0.4) is 0 Å². The van der Waals surface area contributed by atoms with Crippen molar-refractivity contribution in [2.24, 2.45) is 0 Å². The van der Waals surface area contributed by atoms with E-state index in [2.05, 4.69) is 9.71 Å². The Balaban J connectivity index is 2.27. The highest BCUT2D eigenvalue weighted by Crippen LogP contribution is 2.23. The maximum absolute atomic E-state index is 11.8. The molecule has 0 radical (unpaired) electrons. The van der Waals surface area contributed by atoms with Crippen LogP contribution in [0.4, 0.5) is 5.69 Å². The van der Waals surface area contributed by atoms with Gasteiger partial charge in [-0.2, -0.15) is 0 Å². The van der Waals surface area contributed by atoms with Gasteiger partial charge in [0, 0.05) is 11.3 Å². The van der Waals surface area contributed by atoms with Crippen molar-refractivity contribution >= 4 is 21.7 Å². The standard InChI is InChI=1S/C12H12N2O5S/c1-8(12(15)16)20(17,18)14-10-4-2-3-9(5-10)11-6-13-7-19-11/h2-8,14H,1H3,(H,15,16). The van der Waals surface area contributed by atoms with Gasteiger partial charge in [-0.05, 0) is 19.1 Å². The Bertz CT molecular complexity index is 709. The number of anilines is 1. The first-order valence-electron chi connectivity index (χ1n) is 5.63. The van der Waals surface area contributed by atoms with Crippen LogP contribution < -0.4 is 4.72 Å². The van der Waals surface area contributed by atoms with E-state index in [0.29, 0.717) is 11.3 Å². The average molecular weight is 296 g/mol. The number of oxazole rings is 1. The number of hydrogen-bond donors (Lipinski definition) is 2. The Labute approximate surface area is 115 Å². The molecule has 2 rings (SSSR count). The lowest BCUT2D eigenvalue weighted by Gasteiger charge is -2.11. The van der Waals surface area contributed by atoms with Gasteiger partial charge in [-0.25, -0.2) is 13.4 Å². The number of aliphatic carboxylic acids is 1. The molecular weight excluding hydrogens is 284 g/mol. The van der Waals surface area contributed by atoms with Crippen LogP contribution in [0.5, 0.6) is 0 Å². The van der Waals surface area contributed by atoms with Gasteiger partial charge in [-0.1, -0.05) is 12.1 Å². The zero-order valence-corrected chi connectivity index (χ0v) is 11.3. The highest BCUT2D eigenvalue weighted by Gasteiger charge is 2.27. The molecular formula is C12H12N2O5S. The van der Waals surface area contributed by atoms with Gasteiger partial charge < -0.3 is 9.52 Å². The highest BCUT2D eigenvalue weighted by atomic mass is 32.2. The van der Waals surface area contributed by atoms with Crippen LogP contribution in [0, 0.1) is 0 Å². The number of benzene rings is 1. The number of rotatable bonds is 5. The molecule has 7 nitrogen and oxygen atoms in total. The first kappa shape index (κ1) is 14.1. The second kappa shape index (κ2) is 5.33. The lowest BCUT2D eigenvalue weighted by atomic mass is 10.2. The van der Waals surface area contributed by atoms with Gasteiger partial charge in [-0.15, -0.1) is 0 Å². The average Bonchev–Trinajstić information content (AvgIpc) is 2.91. The minimum absolute atomic E-state index is 0.256. The molecule has 0 spiro atoms. The monoisotopic (exact) mass is 296 g/mol. The molecule has 8 heteroatoms. The molecule has 0 bridgehead atoms. The topological polar surface area (TPSA) is 110 Å². The van der Waals surface area contributed by atoms with E-state index in [-0.39, 0.29) is 5.69 Å². The summed E-state index contributed by atoms with van der Waals surface area (Å²) in [4.78, 5) is 14.5. The predicted molar refractivity (Wildman–Crippen MR) is 71.6 cm³/mol. The summed E-state index contributed by atoms with van der Waals surface area (Å²) in [7, 11) is -3.99. The van der Waals surface area contributed by atoms with Crippen LogP contribution in [0.15, 0.2) is 41.3 Å². The Kier molecular flexibility index (Phi) is 3.75. The van der Waals surface area contributed by atoms with Crippen LogP contribution >= 0.6 is 0 Å². The highest BCUT2D eigenvalue weighted by molar-refractivity contribution is 7.94. The fourth-order valence-electron chi connectivity index (χ4n) is 1.48. The van der Waals surface area contributed by atoms with E-state index in [1.807, 2.05) is 0 Å². The Hall–Kier alpha value is -2.35. The second-order valence-corrected chi connectivity index (χ2v) is 6.08. The van der Waals surface area contributed by atoms with Crippen molar-refractivity contribution in [2.45, 2.75) is 12.2 Å². The van der Waals surface area contributed by atoms with Gasteiger partial charge in [-0.3, -0.25) is 9.52 Å². The largest absolute Gasteiger partial charge is 0.480 e. The van der Waals surface area contributed by atoms with Crippen LogP contribution in [-0.4, -0.2) is 29.7 Å². The van der Waals surface area contributed by atoms with Crippen molar-refractivity contribution in [3.05, 3.63) is 36.9 Å². The van der Waals surface area contributed by atoms with Crippen LogP contribution in [-0.2, 0) is 14.8 Å². The van der Waals surface area contributed by atoms with Gasteiger partial charge in [0.2, 0.25) is 10.0 Å². The van der Waals surface area contributed by atoms with Gasteiger partial charge >= 0.3 is 5.97 Å². The molecule has 0 aliphatic carbocycles. The summed E-state index contributed by atoms with van der Waals surface area (Å²) in [6.07, 6.45) is 2.76. The summed E-state index contributed by atoms with van der Waals surface area (Å²) in [6, 6.07) is 6.40. The Morgan fingerprint density at radius 1 is 1.45 bits per heavy atom. The molecule has 1 unspecified atom stereocenters. The zero-order valence-electron chi connectivity index (χ0n) is 10.5. The van der Waals surface area contributed by atoms with Gasteiger partial charge in [0.15, 0.2) is 17.4 Å². The summed E-state index contributed by atoms with van der Waals surface area (Å²) in [5.74, 6) is -0.929. The lowest BCUT2D eigenvalue weighted by Crippen LogP contribution is -2.32. The van der Waals surface area contributed by atoms with Gasteiger partial charge in [0.1, 0.15) is 0 Å². The minimum atomic E-state index is -3.99. The number of carbonyl (C=O) groups is 1. The van der Waals surface area contributed by atoms with Crippen molar-refractivity contribution in [1.29, 1.82) is 0 Å². The van der Waals surface area contributed by atoms with Crippen LogP contribution in [0.1, 0.15) is 6.92 Å². The smallest absolute Gasteiger partial charge is 0.323 e. The summed E-state index contributed by atoms with van der Waals surface area (Å²) >= 11 is 0. The number of aromatic nitrogens is 1. The molecule has 1 aromatic carbocycles. The molecule has 0 amide bonds. The number of carboxylic acids is 1. The molecule has 106 valence electrons. The molecule has 0 saturated carbocycles. The Morgan fingerprint density at radius 3 is 2.80 bits per heavy atom. The molecule has 1 heterocycles. The molecule has 1 atom stereocenters. The number of hydrogen-bond acceptors (Lipinski definition) is 5. The molecule has 0 fully saturated rings. The van der Waals surface area contributed by atoms with Crippen LogP contribution in [0.25, 0.3) is 11.3 Å². The third kappa shape index (κ3) is 2.97. The summed E-state index contributed by atoms with van der Waals surface area (Å²) < 4.78 is 31.0. The first-order chi connectivity index (χ1) is 9.40. The van der Waals surface area contributed by atoms with E-state index >= 15 is 0 Å². The molecule has 2 N–H and O–H groups in total. The van der Waals surface area contributed by atoms with E-state index in [1.165, 1.54) is 24.7 Å². The second-order valence-electron chi connectivity index (χ2n) is 4.07. The maximum atomic E-state index is 11.8. The predicted octanol–water partition coefficient (Wildman–Crippen LogP) is 1.56. The van der Waals surface area contributed by atoms with E-state index in [9.17, 15) is 13.2 Å². The fourth-order valence-corrected chi connectivity index (χ4v) is 2.38. The van der Waals surface area contributed by atoms with Crippen molar-refractivity contribution in [1.82, 2.24) is 4.98 Å². The number of nitrogens with zero attached hydrogens (tertiary/aromatic N) is 1. The molecule has 0 saturated heterocycles. The van der Waals surface area contributed by atoms with E-state index in [0.717, 1.165) is 6.92 Å². The van der Waals surface area contributed by atoms with E-state index in [1.54, 1.807) is 12.1 Å². The number of nitrogens with one attached hydrogen (secondary N) is 1. The van der Waals surface area contributed by atoms with Crippen LogP contribution in [0.2, 0.25) is 0 Å². The summed E-state index contributed by atoms with van der Waals surface area (Å²) in [5.41, 5.74) is 0.887. The lowest BCUT2D eigenvalue weighted by molar-refractivity contribution is -0.136. The number of carboxylic acid groups (broad SMARTS) is 1. The third-order valence-corrected chi connectivity index (χ3v) is 4.31. The van der Waals surface area contributed by atoms with Crippen molar-refractivity contribution in [3.8, 4) is 11.3 Å². The van der Waals surface area contributed by atoms with Gasteiger partial charge in [0.25, 0.3) is 0 Å². The summed E-state index contributed by atoms with van der Waals surface area (Å²) in [5, 5.41) is 7.21. The quantitative estimate of drug-likeness (QED) is 0.866. The Morgan fingerprint density at radius 2 is 2.20 bits per heavy atom. The maximum Gasteiger partial charge on any atom is 0.323 e. The van der Waals surface area contributed by atoms with Gasteiger partial charge in [0.05, 0.1) is 6.20 Å². The molecule has 2 aromatic rings. The fraction of sp³-hybridized carbons (Fsp3) is 0.167. The SMILES string of the molecule is CC(C(=O)O)S(=O)(=O)Nc1cccc(-c2cnco2)c1. The normalized spacial score (nSPS) is 12.8.